The van der Waals surface area contributed by atoms with Crippen molar-refractivity contribution in [2.45, 2.75) is 56.7 Å². The zero-order valence-corrected chi connectivity index (χ0v) is 16.3. The molecule has 28 heavy (non-hydrogen) atoms. The predicted molar refractivity (Wildman–Crippen MR) is 101 cm³/mol. The number of benzene rings is 2. The van der Waals surface area contributed by atoms with E-state index in [2.05, 4.69) is 0 Å². The van der Waals surface area contributed by atoms with Gasteiger partial charge in [0.15, 0.2) is 5.60 Å². The Hall–Kier alpha value is -2.08. The lowest BCUT2D eigenvalue weighted by atomic mass is 9.73. The first-order valence-corrected chi connectivity index (χ1v) is 9.15. The van der Waals surface area contributed by atoms with Crippen LogP contribution in [0.25, 0.3) is 0 Å². The first-order valence-electron chi connectivity index (χ1n) is 9.15. The van der Waals surface area contributed by atoms with Crippen LogP contribution in [0.1, 0.15) is 44.2 Å². The lowest BCUT2D eigenvalue weighted by molar-refractivity contribution is -0.269. The molecule has 0 spiro atoms. The minimum absolute atomic E-state index is 0.177. The molecule has 2 aromatic rings. The van der Waals surface area contributed by atoms with Crippen LogP contribution in [-0.2, 0) is 11.8 Å². The maximum absolute atomic E-state index is 13.8. The second-order valence-corrected chi connectivity index (χ2v) is 7.77. The minimum Gasteiger partial charge on any atom is -0.496 e. The van der Waals surface area contributed by atoms with Gasteiger partial charge in [-0.3, -0.25) is 0 Å². The zero-order valence-electron chi connectivity index (χ0n) is 16.3. The van der Waals surface area contributed by atoms with Gasteiger partial charge in [0.1, 0.15) is 11.6 Å². The smallest absolute Gasteiger partial charge is 0.417 e. The molecule has 0 saturated heterocycles. The van der Waals surface area contributed by atoms with E-state index in [0.29, 0.717) is 17.7 Å². The molecule has 0 saturated carbocycles. The van der Waals surface area contributed by atoms with Gasteiger partial charge >= 0.3 is 6.18 Å². The molecule has 0 aromatic heterocycles. The van der Waals surface area contributed by atoms with E-state index >= 15 is 0 Å². The molecule has 0 fully saturated rings. The second kappa shape index (κ2) is 8.52. The topological polar surface area (TPSA) is 29.5 Å². The van der Waals surface area contributed by atoms with Gasteiger partial charge in [-0.15, -0.1) is 0 Å². The predicted octanol–water partition coefficient (Wildman–Crippen LogP) is 5.82. The van der Waals surface area contributed by atoms with Crippen LogP contribution < -0.4 is 4.74 Å². The molecule has 2 rings (SSSR count). The van der Waals surface area contributed by atoms with Crippen LogP contribution in [0.2, 0.25) is 0 Å². The van der Waals surface area contributed by atoms with E-state index < -0.39 is 35.9 Å². The van der Waals surface area contributed by atoms with Crippen LogP contribution in [-0.4, -0.2) is 24.0 Å². The van der Waals surface area contributed by atoms with Crippen molar-refractivity contribution in [3.63, 3.8) is 0 Å². The zero-order chi connectivity index (χ0) is 21.0. The number of hydrogen-bond acceptors (Lipinski definition) is 2. The van der Waals surface area contributed by atoms with Crippen LogP contribution in [0.3, 0.4) is 0 Å². The summed E-state index contributed by atoms with van der Waals surface area (Å²) in [5.74, 6) is -0.274. The molecule has 0 bridgehead atoms. The summed E-state index contributed by atoms with van der Waals surface area (Å²) in [4.78, 5) is 0. The average molecular weight is 398 g/mol. The van der Waals surface area contributed by atoms with E-state index in [-0.39, 0.29) is 6.42 Å². The number of ether oxygens (including phenoxy) is 1. The fraction of sp³-hybridized carbons (Fsp3) is 0.455. The van der Waals surface area contributed by atoms with Gasteiger partial charge in [0.05, 0.1) is 7.11 Å². The molecule has 1 atom stereocenters. The monoisotopic (exact) mass is 398 g/mol. The van der Waals surface area contributed by atoms with Crippen LogP contribution in [0.15, 0.2) is 48.5 Å². The van der Waals surface area contributed by atoms with Crippen LogP contribution >= 0.6 is 0 Å². The number of methoxy groups -OCH3 is 1. The fourth-order valence-corrected chi connectivity index (χ4v) is 3.60. The summed E-state index contributed by atoms with van der Waals surface area (Å²) in [6.45, 7) is 3.11. The molecule has 0 amide bonds. The third-order valence-corrected chi connectivity index (χ3v) is 5.05. The van der Waals surface area contributed by atoms with Gasteiger partial charge < -0.3 is 9.84 Å². The molecule has 1 unspecified atom stereocenters. The van der Waals surface area contributed by atoms with Crippen LogP contribution in [0, 0.1) is 5.82 Å². The van der Waals surface area contributed by atoms with Crippen molar-refractivity contribution in [2.24, 2.45) is 0 Å². The maximum Gasteiger partial charge on any atom is 0.417 e. The van der Waals surface area contributed by atoms with Crippen molar-refractivity contribution < 1.29 is 27.4 Å². The highest BCUT2D eigenvalue weighted by Gasteiger charge is 2.55. The minimum atomic E-state index is -4.80. The van der Waals surface area contributed by atoms with E-state index in [1.165, 1.54) is 25.3 Å². The Labute approximate surface area is 163 Å². The lowest BCUT2D eigenvalue weighted by Gasteiger charge is -2.38. The Balaban J connectivity index is 2.24. The number of halogens is 4. The molecule has 6 heteroatoms. The number of hydrogen-bond donors (Lipinski definition) is 1. The highest BCUT2D eigenvalue weighted by Crippen LogP contribution is 2.45. The van der Waals surface area contributed by atoms with Crippen LogP contribution in [0.4, 0.5) is 17.6 Å². The summed E-state index contributed by atoms with van der Waals surface area (Å²) in [7, 11) is 1.38. The number of aryl methyl sites for hydroxylation is 1. The molecule has 0 aliphatic heterocycles. The Kier molecular flexibility index (Phi) is 6.75. The first-order chi connectivity index (χ1) is 13.0. The van der Waals surface area contributed by atoms with Gasteiger partial charge in [-0.05, 0) is 54.9 Å². The highest BCUT2D eigenvalue weighted by atomic mass is 19.4. The third kappa shape index (κ3) is 5.25. The number of rotatable bonds is 8. The Bertz CT molecular complexity index is 772. The SMILES string of the molecule is COc1ccc(F)cc1C(C)(C)CC(O)(CCCc1ccccc1)C(F)(F)F. The molecule has 0 aliphatic carbocycles. The highest BCUT2D eigenvalue weighted by molar-refractivity contribution is 5.39. The molecule has 1 N–H and O–H groups in total. The van der Waals surface area contributed by atoms with Crippen molar-refractivity contribution in [3.05, 3.63) is 65.5 Å². The van der Waals surface area contributed by atoms with Gasteiger partial charge in [0, 0.05) is 5.56 Å². The summed E-state index contributed by atoms with van der Waals surface area (Å²) in [5.41, 5.74) is -2.84. The van der Waals surface area contributed by atoms with Gasteiger partial charge in [-0.2, -0.15) is 13.2 Å². The summed E-state index contributed by atoms with van der Waals surface area (Å²) in [6, 6.07) is 12.9. The molecule has 2 aromatic carbocycles. The van der Waals surface area contributed by atoms with E-state index in [9.17, 15) is 22.7 Å². The van der Waals surface area contributed by atoms with Crippen molar-refractivity contribution in [1.29, 1.82) is 0 Å². The molecule has 0 heterocycles. The van der Waals surface area contributed by atoms with E-state index in [0.717, 1.165) is 5.56 Å². The lowest BCUT2D eigenvalue weighted by Crippen LogP contribution is -2.49. The molecule has 154 valence electrons. The average Bonchev–Trinajstić information content (AvgIpc) is 2.61. The molecule has 0 aliphatic rings. The molecular formula is C22H26F4O2. The number of aliphatic hydroxyl groups is 1. The van der Waals surface area contributed by atoms with E-state index in [4.69, 9.17) is 4.74 Å². The summed E-state index contributed by atoms with van der Waals surface area (Å²) in [6.07, 6.45) is -5.23. The third-order valence-electron chi connectivity index (χ3n) is 5.05. The standard InChI is InChI=1S/C22H26F4O2/c1-20(2,18-14-17(23)11-12-19(18)28-3)15-21(27,22(24,25)26)13-7-10-16-8-5-4-6-9-16/h4-6,8-9,11-12,14,27H,7,10,13,15H2,1-3H3. The van der Waals surface area contributed by atoms with Crippen molar-refractivity contribution >= 4 is 0 Å². The molecule has 2 nitrogen and oxygen atoms in total. The van der Waals surface area contributed by atoms with Gasteiger partial charge in [0.25, 0.3) is 0 Å². The summed E-state index contributed by atoms with van der Waals surface area (Å²) >= 11 is 0. The first kappa shape index (κ1) is 22.2. The molecule has 0 radical (unpaired) electrons. The van der Waals surface area contributed by atoms with Gasteiger partial charge in [-0.25, -0.2) is 4.39 Å². The Morgan fingerprint density at radius 1 is 1.00 bits per heavy atom. The Morgan fingerprint density at radius 3 is 2.21 bits per heavy atom. The van der Waals surface area contributed by atoms with Gasteiger partial charge in [-0.1, -0.05) is 44.2 Å². The quantitative estimate of drug-likeness (QED) is 0.568. The van der Waals surface area contributed by atoms with E-state index in [1.807, 2.05) is 30.3 Å². The van der Waals surface area contributed by atoms with E-state index in [1.54, 1.807) is 13.8 Å². The largest absolute Gasteiger partial charge is 0.496 e. The van der Waals surface area contributed by atoms with Gasteiger partial charge in [0.2, 0.25) is 0 Å². The normalized spacial score (nSPS) is 14.6. The van der Waals surface area contributed by atoms with Crippen molar-refractivity contribution in [3.8, 4) is 5.75 Å². The van der Waals surface area contributed by atoms with Crippen LogP contribution in [0.5, 0.6) is 5.75 Å². The summed E-state index contributed by atoms with van der Waals surface area (Å²) < 4.78 is 60.3. The Morgan fingerprint density at radius 2 is 1.64 bits per heavy atom. The van der Waals surface area contributed by atoms with Crippen molar-refractivity contribution in [1.82, 2.24) is 0 Å². The second-order valence-electron chi connectivity index (χ2n) is 7.77. The maximum atomic E-state index is 13.8. The molecular weight excluding hydrogens is 372 g/mol. The fourth-order valence-electron chi connectivity index (χ4n) is 3.60. The van der Waals surface area contributed by atoms with Crippen molar-refractivity contribution in [2.75, 3.05) is 7.11 Å². The number of alkyl halides is 3. The summed E-state index contributed by atoms with van der Waals surface area (Å²) in [5, 5.41) is 10.6.